The van der Waals surface area contributed by atoms with Gasteiger partial charge in [-0.3, -0.25) is 0 Å². The normalized spacial score (nSPS) is 11.7. The van der Waals surface area contributed by atoms with Crippen LogP contribution in [-0.2, 0) is 12.7 Å². The van der Waals surface area contributed by atoms with Gasteiger partial charge in [0.15, 0.2) is 11.4 Å². The zero-order chi connectivity index (χ0) is 15.6. The summed E-state index contributed by atoms with van der Waals surface area (Å²) in [6, 6.07) is 5.62. The van der Waals surface area contributed by atoms with Crippen molar-refractivity contribution in [2.24, 2.45) is 0 Å². The number of para-hydroxylation sites is 1. The van der Waals surface area contributed by atoms with Gasteiger partial charge in [0.05, 0.1) is 24.4 Å². The van der Waals surface area contributed by atoms with Crippen molar-refractivity contribution in [1.29, 1.82) is 0 Å². The molecular weight excluding hydrogens is 330 g/mol. The van der Waals surface area contributed by atoms with Crippen molar-refractivity contribution in [2.75, 3.05) is 7.11 Å². The zero-order valence-electron chi connectivity index (χ0n) is 10.7. The van der Waals surface area contributed by atoms with Crippen molar-refractivity contribution in [1.82, 2.24) is 14.6 Å². The molecule has 2 aromatic rings. The van der Waals surface area contributed by atoms with Gasteiger partial charge in [0.25, 0.3) is 0 Å². The van der Waals surface area contributed by atoms with Crippen LogP contribution in [0.5, 0.6) is 5.75 Å². The van der Waals surface area contributed by atoms with Crippen LogP contribution >= 0.6 is 23.4 Å². The number of aromatic nitrogens is 2. The van der Waals surface area contributed by atoms with Crippen molar-refractivity contribution in [3.63, 3.8) is 0 Å². The summed E-state index contributed by atoms with van der Waals surface area (Å²) in [5.41, 5.74) is -0.508. The number of benzene rings is 1. The van der Waals surface area contributed by atoms with Crippen LogP contribution in [-0.4, -0.2) is 16.9 Å². The van der Waals surface area contributed by atoms with E-state index in [1.807, 2.05) is 0 Å². The van der Waals surface area contributed by atoms with Crippen molar-refractivity contribution in [2.45, 2.75) is 12.7 Å². The minimum Gasteiger partial charge on any atom is -0.493 e. The van der Waals surface area contributed by atoms with Gasteiger partial charge in [0.1, 0.15) is 5.69 Å². The molecule has 1 heterocycles. The second-order valence-electron chi connectivity index (χ2n) is 4.03. The van der Waals surface area contributed by atoms with Gasteiger partial charge in [-0.15, -0.1) is 0 Å². The Hall–Kier alpha value is -1.44. The fourth-order valence-corrected chi connectivity index (χ4v) is 2.21. The maximum absolute atomic E-state index is 12.8. The Labute approximate surface area is 128 Å². The number of halogens is 5. The SMILES string of the molecule is COc1c(Cl)cccc1-n1nc(C(F)(F)F)cc1CNCl. The number of alkyl halides is 3. The van der Waals surface area contributed by atoms with Crippen molar-refractivity contribution in [3.05, 3.63) is 40.7 Å². The van der Waals surface area contributed by atoms with Gasteiger partial charge in [-0.25, -0.2) is 9.52 Å². The topological polar surface area (TPSA) is 39.1 Å². The Morgan fingerprint density at radius 2 is 2.10 bits per heavy atom. The molecule has 0 fully saturated rings. The minimum absolute atomic E-state index is 0.0136. The first-order valence-corrected chi connectivity index (χ1v) is 6.46. The molecule has 9 heteroatoms. The molecule has 0 aliphatic rings. The minimum atomic E-state index is -4.56. The van der Waals surface area contributed by atoms with E-state index in [2.05, 4.69) is 9.93 Å². The summed E-state index contributed by atoms with van der Waals surface area (Å²) in [6.45, 7) is -0.0136. The van der Waals surface area contributed by atoms with Crippen LogP contribution in [0.15, 0.2) is 24.3 Å². The summed E-state index contributed by atoms with van der Waals surface area (Å²) in [5.74, 6) is 0.229. The molecule has 0 aliphatic heterocycles. The molecule has 4 nitrogen and oxygen atoms in total. The molecule has 21 heavy (non-hydrogen) atoms. The fourth-order valence-electron chi connectivity index (χ4n) is 1.83. The third kappa shape index (κ3) is 3.25. The van der Waals surface area contributed by atoms with Gasteiger partial charge < -0.3 is 4.74 Å². The van der Waals surface area contributed by atoms with E-state index in [1.165, 1.54) is 7.11 Å². The highest BCUT2D eigenvalue weighted by Gasteiger charge is 2.35. The van der Waals surface area contributed by atoms with E-state index in [0.717, 1.165) is 10.7 Å². The molecule has 114 valence electrons. The molecule has 0 saturated carbocycles. The van der Waals surface area contributed by atoms with Crippen LogP contribution < -0.4 is 9.57 Å². The third-order valence-corrected chi connectivity index (χ3v) is 3.13. The molecule has 0 amide bonds. The second kappa shape index (κ2) is 6.13. The highest BCUT2D eigenvalue weighted by molar-refractivity contribution is 6.32. The van der Waals surface area contributed by atoms with Crippen LogP contribution in [0.25, 0.3) is 5.69 Å². The summed E-state index contributed by atoms with van der Waals surface area (Å²) in [5, 5.41) is 3.84. The van der Waals surface area contributed by atoms with Gasteiger partial charge in [0.2, 0.25) is 0 Å². The molecule has 2 rings (SSSR count). The average Bonchev–Trinajstić information content (AvgIpc) is 2.82. The first-order valence-electron chi connectivity index (χ1n) is 5.71. The molecule has 0 aliphatic carbocycles. The van der Waals surface area contributed by atoms with Gasteiger partial charge >= 0.3 is 6.18 Å². The predicted molar refractivity (Wildman–Crippen MR) is 72.8 cm³/mol. The Kier molecular flexibility index (Phi) is 4.65. The smallest absolute Gasteiger partial charge is 0.435 e. The first kappa shape index (κ1) is 15.9. The van der Waals surface area contributed by atoms with Crippen LogP contribution in [0.1, 0.15) is 11.4 Å². The monoisotopic (exact) mass is 339 g/mol. The Balaban J connectivity index is 2.62. The molecule has 0 spiro atoms. The molecule has 1 aromatic heterocycles. The van der Waals surface area contributed by atoms with E-state index in [1.54, 1.807) is 18.2 Å². The zero-order valence-corrected chi connectivity index (χ0v) is 12.2. The Bertz CT molecular complexity index is 643. The number of rotatable bonds is 4. The van der Waals surface area contributed by atoms with E-state index in [-0.39, 0.29) is 23.0 Å². The van der Waals surface area contributed by atoms with Crippen LogP contribution in [0.3, 0.4) is 0 Å². The molecule has 0 unspecified atom stereocenters. The second-order valence-corrected chi connectivity index (χ2v) is 4.71. The highest BCUT2D eigenvalue weighted by Crippen LogP contribution is 2.34. The van der Waals surface area contributed by atoms with E-state index in [9.17, 15) is 13.2 Å². The Morgan fingerprint density at radius 1 is 1.38 bits per heavy atom. The van der Waals surface area contributed by atoms with E-state index in [0.29, 0.717) is 5.69 Å². The summed E-state index contributed by atoms with van der Waals surface area (Å²) in [7, 11) is 1.37. The predicted octanol–water partition coefficient (Wildman–Crippen LogP) is 3.80. The average molecular weight is 340 g/mol. The lowest BCUT2D eigenvalue weighted by Crippen LogP contribution is -2.10. The summed E-state index contributed by atoms with van der Waals surface area (Å²) >= 11 is 11.4. The van der Waals surface area contributed by atoms with Gasteiger partial charge in [0, 0.05) is 0 Å². The quantitative estimate of drug-likeness (QED) is 0.861. The molecule has 0 radical (unpaired) electrons. The maximum Gasteiger partial charge on any atom is 0.435 e. The van der Waals surface area contributed by atoms with Crippen LogP contribution in [0.2, 0.25) is 5.02 Å². The molecule has 1 aromatic carbocycles. The maximum atomic E-state index is 12.8. The Morgan fingerprint density at radius 3 is 2.67 bits per heavy atom. The lowest BCUT2D eigenvalue weighted by atomic mass is 10.2. The molecule has 0 bridgehead atoms. The summed E-state index contributed by atoms with van der Waals surface area (Å²) in [6.07, 6.45) is -4.56. The highest BCUT2D eigenvalue weighted by atomic mass is 35.5. The standard InChI is InChI=1S/C12H10Cl2F3N3O/c1-21-11-8(13)3-2-4-9(11)20-7(6-18-14)5-10(19-20)12(15,16)17/h2-5,18H,6H2,1H3. The fraction of sp³-hybridized carbons (Fsp3) is 0.250. The van der Waals surface area contributed by atoms with E-state index >= 15 is 0 Å². The van der Waals surface area contributed by atoms with E-state index in [4.69, 9.17) is 28.1 Å². The van der Waals surface area contributed by atoms with Crippen molar-refractivity contribution < 1.29 is 17.9 Å². The van der Waals surface area contributed by atoms with Crippen molar-refractivity contribution >= 4 is 23.4 Å². The number of methoxy groups -OCH3 is 1. The number of ether oxygens (including phenoxy) is 1. The number of hydrogen-bond acceptors (Lipinski definition) is 3. The van der Waals surface area contributed by atoms with E-state index < -0.39 is 11.9 Å². The van der Waals surface area contributed by atoms with Gasteiger partial charge in [-0.2, -0.15) is 18.3 Å². The molecule has 0 atom stereocenters. The number of nitrogens with one attached hydrogen (secondary N) is 1. The summed E-state index contributed by atoms with van der Waals surface area (Å²) < 4.78 is 44.7. The number of hydrogen-bond donors (Lipinski definition) is 1. The van der Waals surface area contributed by atoms with Crippen LogP contribution in [0.4, 0.5) is 13.2 Å². The molecular formula is C12H10Cl2F3N3O. The van der Waals surface area contributed by atoms with Crippen molar-refractivity contribution in [3.8, 4) is 11.4 Å². The number of nitrogens with zero attached hydrogens (tertiary/aromatic N) is 2. The van der Waals surface area contributed by atoms with Crippen LogP contribution in [0, 0.1) is 0 Å². The largest absolute Gasteiger partial charge is 0.493 e. The van der Waals surface area contributed by atoms with Gasteiger partial charge in [-0.05, 0) is 30.0 Å². The summed E-state index contributed by atoms with van der Waals surface area (Å²) in [4.78, 5) is 2.28. The first-order chi connectivity index (χ1) is 9.88. The van der Waals surface area contributed by atoms with Gasteiger partial charge in [-0.1, -0.05) is 17.7 Å². The molecule has 0 saturated heterocycles. The lowest BCUT2D eigenvalue weighted by Gasteiger charge is -2.12. The third-order valence-electron chi connectivity index (χ3n) is 2.70. The lowest BCUT2D eigenvalue weighted by molar-refractivity contribution is -0.141. The molecule has 1 N–H and O–H groups in total.